The van der Waals surface area contributed by atoms with E-state index in [9.17, 15) is 4.79 Å². The van der Waals surface area contributed by atoms with Crippen molar-refractivity contribution < 1.29 is 4.79 Å². The number of carbonyl (C=O) groups is 1. The van der Waals surface area contributed by atoms with Crippen LogP contribution < -0.4 is 11.2 Å². The van der Waals surface area contributed by atoms with Crippen LogP contribution in [-0.2, 0) is 4.79 Å². The highest BCUT2D eigenvalue weighted by Gasteiger charge is 2.16. The fourth-order valence-corrected chi connectivity index (χ4v) is 3.69. The summed E-state index contributed by atoms with van der Waals surface area (Å²) >= 11 is 7.14. The first-order valence-corrected chi connectivity index (χ1v) is 10.8. The molecule has 0 aliphatic heterocycles. The lowest BCUT2D eigenvalue weighted by Crippen LogP contribution is -2.16. The van der Waals surface area contributed by atoms with Gasteiger partial charge in [0.15, 0.2) is 0 Å². The number of nitrogens with zero attached hydrogens (tertiary/aromatic N) is 4. The minimum atomic E-state index is -0.149. The molecule has 0 radical (unpaired) electrons. The monoisotopic (exact) mass is 453 g/mol. The van der Waals surface area contributed by atoms with Crippen molar-refractivity contribution in [3.8, 4) is 22.8 Å². The number of rotatable bonds is 6. The molecule has 2 aromatic heterocycles. The van der Waals surface area contributed by atoms with Crippen molar-refractivity contribution in [1.29, 1.82) is 0 Å². The third-order valence-corrected chi connectivity index (χ3v) is 5.94. The van der Waals surface area contributed by atoms with Crippen LogP contribution in [0.2, 0.25) is 5.02 Å². The van der Waals surface area contributed by atoms with E-state index in [4.69, 9.17) is 17.4 Å². The smallest absolute Gasteiger partial charge is 0.234 e. The number of benzene rings is 2. The van der Waals surface area contributed by atoms with Gasteiger partial charge in [0.1, 0.15) is 5.69 Å². The summed E-state index contributed by atoms with van der Waals surface area (Å²) in [5, 5.41) is 19.4. The fraction of sp³-hybridized carbons (Fsp3) is 0.143. The molecule has 8 nitrogen and oxygen atoms in total. The quantitative estimate of drug-likeness (QED) is 0.299. The summed E-state index contributed by atoms with van der Waals surface area (Å²) in [7, 11) is 0. The lowest BCUT2D eigenvalue weighted by atomic mass is 10.1. The van der Waals surface area contributed by atoms with E-state index in [1.807, 2.05) is 50.2 Å². The zero-order chi connectivity index (χ0) is 22.0. The number of aromatic nitrogens is 5. The first-order valence-electron chi connectivity index (χ1n) is 9.43. The molecule has 0 bridgehead atoms. The highest BCUT2D eigenvalue weighted by molar-refractivity contribution is 7.99. The minimum absolute atomic E-state index is 0.149. The Morgan fingerprint density at radius 1 is 1.13 bits per heavy atom. The van der Waals surface area contributed by atoms with Crippen LogP contribution in [0.1, 0.15) is 11.1 Å². The molecule has 0 saturated heterocycles. The number of nitrogens with one attached hydrogen (secondary N) is 2. The summed E-state index contributed by atoms with van der Waals surface area (Å²) in [6.45, 7) is 4.03. The van der Waals surface area contributed by atoms with Crippen molar-refractivity contribution in [3.63, 3.8) is 0 Å². The van der Waals surface area contributed by atoms with Gasteiger partial charge in [-0.25, -0.2) is 4.68 Å². The molecule has 158 valence electrons. The molecule has 1 amide bonds. The van der Waals surface area contributed by atoms with Crippen LogP contribution in [0.4, 0.5) is 5.69 Å². The first-order chi connectivity index (χ1) is 14.9. The van der Waals surface area contributed by atoms with E-state index in [0.29, 0.717) is 21.7 Å². The number of thioether (sulfide) groups is 1. The second-order valence-corrected chi connectivity index (χ2v) is 8.36. The molecule has 31 heavy (non-hydrogen) atoms. The number of halogens is 1. The van der Waals surface area contributed by atoms with Crippen LogP contribution in [0.25, 0.3) is 22.8 Å². The van der Waals surface area contributed by atoms with Gasteiger partial charge in [0.25, 0.3) is 0 Å². The largest absolute Gasteiger partial charge is 0.335 e. The van der Waals surface area contributed by atoms with Gasteiger partial charge in [-0.2, -0.15) is 5.10 Å². The number of aromatic amines is 1. The summed E-state index contributed by atoms with van der Waals surface area (Å²) < 4.78 is 1.34. The molecule has 10 heteroatoms. The Bertz CT molecular complexity index is 1230. The second kappa shape index (κ2) is 8.83. The molecule has 0 aliphatic rings. The van der Waals surface area contributed by atoms with Crippen molar-refractivity contribution in [2.45, 2.75) is 19.0 Å². The Labute approximate surface area is 188 Å². The Hall–Kier alpha value is -3.30. The predicted molar refractivity (Wildman–Crippen MR) is 123 cm³/mol. The topological polar surface area (TPSA) is 115 Å². The number of anilines is 1. The number of nitrogens with two attached hydrogens (primary N) is 1. The van der Waals surface area contributed by atoms with Gasteiger partial charge >= 0.3 is 0 Å². The van der Waals surface area contributed by atoms with Crippen molar-refractivity contribution in [1.82, 2.24) is 25.1 Å². The van der Waals surface area contributed by atoms with E-state index in [2.05, 4.69) is 25.7 Å². The number of nitrogen functional groups attached to an aromatic ring is 1. The maximum atomic E-state index is 12.3. The fourth-order valence-electron chi connectivity index (χ4n) is 2.91. The van der Waals surface area contributed by atoms with Crippen molar-refractivity contribution in [2.75, 3.05) is 16.9 Å². The molecular formula is C21H20ClN7OS. The average molecular weight is 454 g/mol. The van der Waals surface area contributed by atoms with Crippen LogP contribution in [0.5, 0.6) is 0 Å². The number of H-pyrrole nitrogens is 1. The van der Waals surface area contributed by atoms with Gasteiger partial charge in [-0.1, -0.05) is 41.6 Å². The molecule has 2 aromatic carbocycles. The van der Waals surface area contributed by atoms with Gasteiger partial charge in [-0.3, -0.25) is 9.89 Å². The molecule has 4 N–H and O–H groups in total. The number of carbonyl (C=O) groups excluding carboxylic acids is 1. The average Bonchev–Trinajstić information content (AvgIpc) is 3.36. The Morgan fingerprint density at radius 3 is 2.65 bits per heavy atom. The standard InChI is InChI=1S/C21H20ClN7OS/c1-12-3-8-16(9-13(12)2)24-19(30)11-31-21-28-27-20(29(21)23)18-10-17(25-26-18)14-4-6-15(22)7-5-14/h3-10H,11,23H2,1-2H3,(H,24,30)(H,25,26). The number of hydrogen-bond donors (Lipinski definition) is 3. The Morgan fingerprint density at radius 2 is 1.90 bits per heavy atom. The van der Waals surface area contributed by atoms with E-state index in [1.54, 1.807) is 12.1 Å². The summed E-state index contributed by atoms with van der Waals surface area (Å²) in [6, 6.07) is 15.0. The minimum Gasteiger partial charge on any atom is -0.335 e. The number of hydrogen-bond acceptors (Lipinski definition) is 6. The molecule has 4 rings (SSSR count). The van der Waals surface area contributed by atoms with Crippen molar-refractivity contribution in [3.05, 3.63) is 64.7 Å². The van der Waals surface area contributed by atoms with Gasteiger partial charge in [0.05, 0.1) is 11.4 Å². The molecule has 0 atom stereocenters. The molecule has 4 aromatic rings. The molecule has 0 saturated carbocycles. The third-order valence-electron chi connectivity index (χ3n) is 4.75. The summed E-state index contributed by atoms with van der Waals surface area (Å²) in [5.41, 5.74) is 5.31. The predicted octanol–water partition coefficient (Wildman–Crippen LogP) is 4.05. The van der Waals surface area contributed by atoms with Gasteiger partial charge in [-0.15, -0.1) is 10.2 Å². The molecule has 0 aliphatic carbocycles. The Kier molecular flexibility index (Phi) is 5.97. The van der Waals surface area contributed by atoms with Crippen LogP contribution >= 0.6 is 23.4 Å². The van der Waals surface area contributed by atoms with Gasteiger partial charge in [-0.05, 0) is 55.3 Å². The molecule has 0 unspecified atom stereocenters. The van der Waals surface area contributed by atoms with Crippen LogP contribution in [0, 0.1) is 13.8 Å². The summed E-state index contributed by atoms with van der Waals surface area (Å²) in [6.07, 6.45) is 0. The molecule has 0 spiro atoms. The maximum absolute atomic E-state index is 12.3. The maximum Gasteiger partial charge on any atom is 0.234 e. The van der Waals surface area contributed by atoms with Gasteiger partial charge in [0, 0.05) is 16.3 Å². The van der Waals surface area contributed by atoms with Crippen LogP contribution in [-0.4, -0.2) is 36.7 Å². The van der Waals surface area contributed by atoms with E-state index < -0.39 is 0 Å². The van der Waals surface area contributed by atoms with E-state index in [-0.39, 0.29) is 11.7 Å². The molecule has 2 heterocycles. The SMILES string of the molecule is Cc1ccc(NC(=O)CSc2nnc(-c3cc(-c4ccc(Cl)cc4)n[nH]3)n2N)cc1C. The first kappa shape index (κ1) is 21.0. The molecular weight excluding hydrogens is 434 g/mol. The zero-order valence-electron chi connectivity index (χ0n) is 16.9. The summed E-state index contributed by atoms with van der Waals surface area (Å²) in [4.78, 5) is 12.3. The molecule has 0 fully saturated rings. The van der Waals surface area contributed by atoms with Crippen LogP contribution in [0.3, 0.4) is 0 Å². The second-order valence-electron chi connectivity index (χ2n) is 6.99. The number of amides is 1. The van der Waals surface area contributed by atoms with E-state index in [1.165, 1.54) is 22.0 Å². The van der Waals surface area contributed by atoms with Gasteiger partial charge in [0.2, 0.25) is 16.9 Å². The van der Waals surface area contributed by atoms with Crippen molar-refractivity contribution in [2.24, 2.45) is 0 Å². The van der Waals surface area contributed by atoms with Crippen molar-refractivity contribution >= 4 is 35.0 Å². The van der Waals surface area contributed by atoms with Gasteiger partial charge < -0.3 is 11.2 Å². The lowest BCUT2D eigenvalue weighted by molar-refractivity contribution is -0.113. The normalized spacial score (nSPS) is 10.9. The van der Waals surface area contributed by atoms with E-state index in [0.717, 1.165) is 22.5 Å². The number of aryl methyl sites for hydroxylation is 2. The third kappa shape index (κ3) is 4.73. The lowest BCUT2D eigenvalue weighted by Gasteiger charge is -2.07. The summed E-state index contributed by atoms with van der Waals surface area (Å²) in [5.74, 6) is 6.58. The highest BCUT2D eigenvalue weighted by atomic mass is 35.5. The highest BCUT2D eigenvalue weighted by Crippen LogP contribution is 2.25. The Balaban J connectivity index is 1.42. The zero-order valence-corrected chi connectivity index (χ0v) is 18.5. The van der Waals surface area contributed by atoms with E-state index >= 15 is 0 Å². The van der Waals surface area contributed by atoms with Crippen LogP contribution in [0.15, 0.2) is 53.7 Å².